The van der Waals surface area contributed by atoms with Crippen molar-refractivity contribution in [2.45, 2.75) is 0 Å². The molecule has 3 nitrogen and oxygen atoms in total. The lowest BCUT2D eigenvalue weighted by atomic mass is 10.1. The highest BCUT2D eigenvalue weighted by Gasteiger charge is 2.08. The largest absolute Gasteiger partial charge is 0.508 e. The summed E-state index contributed by atoms with van der Waals surface area (Å²) in [6.07, 6.45) is 2.69. The van der Waals surface area contributed by atoms with Crippen molar-refractivity contribution in [3.05, 3.63) is 65.5 Å². The Morgan fingerprint density at radius 1 is 1.11 bits per heavy atom. The van der Waals surface area contributed by atoms with Crippen molar-refractivity contribution in [3.63, 3.8) is 0 Å². The van der Waals surface area contributed by atoms with Crippen LogP contribution < -0.4 is 0 Å². The molecule has 0 unspecified atom stereocenters. The lowest BCUT2D eigenvalue weighted by molar-refractivity contribution is 0.104. The molecule has 0 radical (unpaired) electrons. The number of phenolic OH excluding ortho intramolecular Hbond substituents is 2. The molecular weight excluding hydrogens is 247 g/mol. The lowest BCUT2D eigenvalue weighted by Crippen LogP contribution is -1.94. The summed E-state index contributed by atoms with van der Waals surface area (Å²) in [5, 5.41) is 18.7. The molecule has 0 aliphatic carbocycles. The second kappa shape index (κ2) is 5.35. The van der Waals surface area contributed by atoms with Gasteiger partial charge in [0.25, 0.3) is 0 Å². The number of hydrogen-bond acceptors (Lipinski definition) is 3. The normalized spacial score (nSPS) is 10.8. The average Bonchev–Trinajstić information content (AvgIpc) is 2.36. The van der Waals surface area contributed by atoms with Gasteiger partial charge in [0.15, 0.2) is 5.78 Å². The number of carbonyl (C=O) groups excluding carboxylic acids is 1. The number of rotatable bonds is 3. The van der Waals surface area contributed by atoms with E-state index in [9.17, 15) is 14.3 Å². The fourth-order valence-corrected chi connectivity index (χ4v) is 1.60. The summed E-state index contributed by atoms with van der Waals surface area (Å²) >= 11 is 0. The standard InChI is InChI=1S/C15H11FO3/c16-11-3-1-2-10(8-11)4-7-14(18)13-6-5-12(17)9-15(13)19/h1-9,17,19H. The number of phenols is 2. The molecule has 0 saturated carbocycles. The Kier molecular flexibility index (Phi) is 3.61. The van der Waals surface area contributed by atoms with E-state index < -0.39 is 5.78 Å². The molecule has 2 N–H and O–H groups in total. The lowest BCUT2D eigenvalue weighted by Gasteiger charge is -2.01. The molecule has 0 aromatic heterocycles. The van der Waals surface area contributed by atoms with E-state index in [1.54, 1.807) is 6.07 Å². The van der Waals surface area contributed by atoms with Gasteiger partial charge >= 0.3 is 0 Å². The van der Waals surface area contributed by atoms with Crippen LogP contribution in [0.4, 0.5) is 4.39 Å². The van der Waals surface area contributed by atoms with E-state index in [2.05, 4.69) is 0 Å². The zero-order valence-electron chi connectivity index (χ0n) is 9.88. The van der Waals surface area contributed by atoms with Gasteiger partial charge in [-0.25, -0.2) is 4.39 Å². The molecule has 19 heavy (non-hydrogen) atoms. The summed E-state index contributed by atoms with van der Waals surface area (Å²) < 4.78 is 12.9. The fourth-order valence-electron chi connectivity index (χ4n) is 1.60. The molecule has 2 aromatic rings. The zero-order chi connectivity index (χ0) is 13.8. The first-order valence-electron chi connectivity index (χ1n) is 5.56. The van der Waals surface area contributed by atoms with Crippen molar-refractivity contribution < 1.29 is 19.4 Å². The highest BCUT2D eigenvalue weighted by Crippen LogP contribution is 2.23. The number of allylic oxidation sites excluding steroid dienone is 1. The van der Waals surface area contributed by atoms with Crippen molar-refractivity contribution in [2.75, 3.05) is 0 Å². The van der Waals surface area contributed by atoms with Gasteiger partial charge in [-0.2, -0.15) is 0 Å². The van der Waals surface area contributed by atoms with Crippen molar-refractivity contribution >= 4 is 11.9 Å². The van der Waals surface area contributed by atoms with E-state index in [-0.39, 0.29) is 22.9 Å². The molecule has 96 valence electrons. The maximum atomic E-state index is 12.9. The summed E-state index contributed by atoms with van der Waals surface area (Å²) in [4.78, 5) is 11.8. The van der Waals surface area contributed by atoms with Crippen LogP contribution in [0.25, 0.3) is 6.08 Å². The van der Waals surface area contributed by atoms with Gasteiger partial charge in [-0.15, -0.1) is 0 Å². The van der Waals surface area contributed by atoms with Crippen molar-refractivity contribution in [1.82, 2.24) is 0 Å². The third-order valence-corrected chi connectivity index (χ3v) is 2.52. The summed E-state index contributed by atoms with van der Waals surface area (Å²) in [5.41, 5.74) is 0.622. The van der Waals surface area contributed by atoms with Crippen molar-refractivity contribution in [3.8, 4) is 11.5 Å². The smallest absolute Gasteiger partial charge is 0.189 e. The first kappa shape index (κ1) is 12.8. The Morgan fingerprint density at radius 3 is 2.58 bits per heavy atom. The topological polar surface area (TPSA) is 57.5 Å². The van der Waals surface area contributed by atoms with Crippen LogP contribution >= 0.6 is 0 Å². The van der Waals surface area contributed by atoms with E-state index in [0.717, 1.165) is 6.07 Å². The quantitative estimate of drug-likeness (QED) is 0.657. The van der Waals surface area contributed by atoms with E-state index in [1.165, 1.54) is 42.5 Å². The molecule has 0 heterocycles. The fraction of sp³-hybridized carbons (Fsp3) is 0. The highest BCUT2D eigenvalue weighted by molar-refractivity contribution is 6.08. The molecular formula is C15H11FO3. The van der Waals surface area contributed by atoms with E-state index in [0.29, 0.717) is 5.56 Å². The monoisotopic (exact) mass is 258 g/mol. The molecule has 0 aliphatic heterocycles. The van der Waals surface area contributed by atoms with Gasteiger partial charge in [0, 0.05) is 6.07 Å². The molecule has 0 atom stereocenters. The summed E-state index contributed by atoms with van der Waals surface area (Å²) in [6, 6.07) is 9.52. The SMILES string of the molecule is O=C(C=Cc1cccc(F)c1)c1ccc(O)cc1O. The minimum Gasteiger partial charge on any atom is -0.508 e. The molecule has 2 aromatic carbocycles. The van der Waals surface area contributed by atoms with Gasteiger partial charge in [-0.05, 0) is 35.9 Å². The number of carbonyl (C=O) groups is 1. The van der Waals surface area contributed by atoms with E-state index in [4.69, 9.17) is 5.11 Å². The summed E-state index contributed by atoms with van der Waals surface area (Å²) in [5.74, 6) is -1.24. The van der Waals surface area contributed by atoms with Crippen LogP contribution in [-0.2, 0) is 0 Å². The minimum absolute atomic E-state index is 0.0745. The van der Waals surface area contributed by atoms with Crippen LogP contribution in [0.5, 0.6) is 11.5 Å². The van der Waals surface area contributed by atoms with Crippen LogP contribution in [0.15, 0.2) is 48.5 Å². The molecule has 0 spiro atoms. The van der Waals surface area contributed by atoms with Crippen LogP contribution in [0, 0.1) is 5.82 Å². The van der Waals surface area contributed by atoms with E-state index >= 15 is 0 Å². The van der Waals surface area contributed by atoms with Gasteiger partial charge < -0.3 is 10.2 Å². The number of benzene rings is 2. The number of aromatic hydroxyl groups is 2. The molecule has 0 aliphatic rings. The van der Waals surface area contributed by atoms with Gasteiger partial charge in [0.1, 0.15) is 17.3 Å². The Morgan fingerprint density at radius 2 is 1.89 bits per heavy atom. The van der Waals surface area contributed by atoms with Gasteiger partial charge in [-0.1, -0.05) is 18.2 Å². The molecule has 0 bridgehead atoms. The first-order chi connectivity index (χ1) is 9.06. The molecule has 2 rings (SSSR count). The van der Waals surface area contributed by atoms with Crippen LogP contribution in [-0.4, -0.2) is 16.0 Å². The summed E-state index contributed by atoms with van der Waals surface area (Å²) in [7, 11) is 0. The summed E-state index contributed by atoms with van der Waals surface area (Å²) in [6.45, 7) is 0. The van der Waals surface area contributed by atoms with Gasteiger partial charge in [-0.3, -0.25) is 4.79 Å². The number of halogens is 1. The van der Waals surface area contributed by atoms with Crippen LogP contribution in [0.3, 0.4) is 0 Å². The zero-order valence-corrected chi connectivity index (χ0v) is 9.88. The maximum absolute atomic E-state index is 12.9. The van der Waals surface area contributed by atoms with Crippen molar-refractivity contribution in [1.29, 1.82) is 0 Å². The number of ketones is 1. The van der Waals surface area contributed by atoms with Crippen molar-refractivity contribution in [2.24, 2.45) is 0 Å². The Labute approximate surface area is 109 Å². The maximum Gasteiger partial charge on any atom is 0.189 e. The Balaban J connectivity index is 2.21. The highest BCUT2D eigenvalue weighted by atomic mass is 19.1. The third-order valence-electron chi connectivity index (χ3n) is 2.52. The van der Waals surface area contributed by atoms with Crippen LogP contribution in [0.1, 0.15) is 15.9 Å². The second-order valence-electron chi connectivity index (χ2n) is 3.95. The predicted octanol–water partition coefficient (Wildman–Crippen LogP) is 3.13. The average molecular weight is 258 g/mol. The van der Waals surface area contributed by atoms with Crippen LogP contribution in [0.2, 0.25) is 0 Å². The first-order valence-corrected chi connectivity index (χ1v) is 5.56. The Bertz CT molecular complexity index is 648. The molecule has 0 amide bonds. The van der Waals surface area contributed by atoms with E-state index in [1.807, 2.05) is 0 Å². The molecule has 4 heteroatoms. The van der Waals surface area contributed by atoms with Gasteiger partial charge in [0.05, 0.1) is 5.56 Å². The third kappa shape index (κ3) is 3.19. The number of hydrogen-bond donors (Lipinski definition) is 2. The minimum atomic E-state index is -0.429. The second-order valence-corrected chi connectivity index (χ2v) is 3.95. The predicted molar refractivity (Wildman–Crippen MR) is 69.5 cm³/mol. The molecule has 0 saturated heterocycles. The van der Waals surface area contributed by atoms with Gasteiger partial charge in [0.2, 0.25) is 0 Å². The molecule has 0 fully saturated rings. The Hall–Kier alpha value is -2.62.